The van der Waals surface area contributed by atoms with E-state index >= 15 is 0 Å². The Morgan fingerprint density at radius 3 is 2.71 bits per heavy atom. The molecule has 0 spiro atoms. The monoisotopic (exact) mass is 320 g/mol. The van der Waals surface area contributed by atoms with Gasteiger partial charge in [0.25, 0.3) is 0 Å². The molecule has 5 heteroatoms. The van der Waals surface area contributed by atoms with E-state index in [-0.39, 0.29) is 11.7 Å². The summed E-state index contributed by atoms with van der Waals surface area (Å²) in [5.74, 6) is 0.343. The molecule has 4 nitrogen and oxygen atoms in total. The molecule has 0 saturated carbocycles. The van der Waals surface area contributed by atoms with E-state index in [1.54, 1.807) is 17.1 Å². The number of hydrogen-bond donors (Lipinski definition) is 0. The fraction of sp³-hybridized carbons (Fsp3) is 0.211. The van der Waals surface area contributed by atoms with Crippen LogP contribution in [0.1, 0.15) is 30.1 Å². The van der Waals surface area contributed by atoms with E-state index in [1.807, 2.05) is 36.4 Å². The van der Waals surface area contributed by atoms with Gasteiger partial charge in [0.15, 0.2) is 5.82 Å². The van der Waals surface area contributed by atoms with Gasteiger partial charge in [-0.3, -0.25) is 0 Å². The molecule has 1 heterocycles. The summed E-state index contributed by atoms with van der Waals surface area (Å²) in [6.45, 7) is 0. The van der Waals surface area contributed by atoms with Crippen molar-refractivity contribution < 1.29 is 4.39 Å². The van der Waals surface area contributed by atoms with Gasteiger partial charge in [0.05, 0.1) is 11.8 Å². The van der Waals surface area contributed by atoms with Crippen LogP contribution < -0.4 is 0 Å². The number of nitriles is 1. The predicted molar refractivity (Wildman–Crippen MR) is 89.1 cm³/mol. The Kier molecular flexibility index (Phi) is 4.97. The molecule has 0 aliphatic rings. The Bertz CT molecular complexity index is 836. The van der Waals surface area contributed by atoms with Crippen LogP contribution in [0.5, 0.6) is 0 Å². The second kappa shape index (κ2) is 7.51. The fourth-order valence-electron chi connectivity index (χ4n) is 2.63. The molecule has 0 fully saturated rings. The summed E-state index contributed by atoms with van der Waals surface area (Å²) in [6, 6.07) is 18.5. The molecule has 2 aromatic carbocycles. The molecule has 0 radical (unpaired) electrons. The van der Waals surface area contributed by atoms with E-state index < -0.39 is 0 Å². The number of para-hydroxylation sites is 1. The van der Waals surface area contributed by atoms with Gasteiger partial charge in [0.2, 0.25) is 0 Å². The first kappa shape index (κ1) is 15.9. The molecule has 0 bridgehead atoms. The van der Waals surface area contributed by atoms with Gasteiger partial charge in [-0.25, -0.2) is 14.1 Å². The minimum atomic E-state index is -0.240. The normalized spacial score (nSPS) is 11.8. The lowest BCUT2D eigenvalue weighted by atomic mass is 9.96. The molecule has 120 valence electrons. The molecule has 1 unspecified atom stereocenters. The van der Waals surface area contributed by atoms with E-state index in [4.69, 9.17) is 5.26 Å². The minimum Gasteiger partial charge on any atom is -0.221 e. The summed E-state index contributed by atoms with van der Waals surface area (Å²) >= 11 is 0. The standard InChI is InChI=1S/C19H17FN4/c20-17-6-4-5-15(13-17)9-10-16(11-12-21)19-22-14-24(23-19)18-7-2-1-3-8-18/h1-8,13-14,16H,9-11H2. The molecule has 0 saturated heterocycles. The number of aromatic nitrogens is 3. The van der Waals surface area contributed by atoms with Crippen LogP contribution in [-0.4, -0.2) is 14.8 Å². The number of benzene rings is 2. The SMILES string of the molecule is N#CCC(CCc1cccc(F)c1)c1ncn(-c2ccccc2)n1. The van der Waals surface area contributed by atoms with Crippen molar-refractivity contribution in [3.63, 3.8) is 0 Å². The smallest absolute Gasteiger partial charge is 0.155 e. The van der Waals surface area contributed by atoms with Crippen molar-refractivity contribution >= 4 is 0 Å². The first-order valence-corrected chi connectivity index (χ1v) is 7.84. The summed E-state index contributed by atoms with van der Waals surface area (Å²) in [5.41, 5.74) is 1.84. The zero-order valence-corrected chi connectivity index (χ0v) is 13.1. The number of halogens is 1. The highest BCUT2D eigenvalue weighted by molar-refractivity contribution is 5.29. The molecule has 3 aromatic rings. The largest absolute Gasteiger partial charge is 0.221 e. The van der Waals surface area contributed by atoms with E-state index in [2.05, 4.69) is 16.2 Å². The molecule has 24 heavy (non-hydrogen) atoms. The van der Waals surface area contributed by atoms with Crippen molar-refractivity contribution in [3.8, 4) is 11.8 Å². The summed E-state index contributed by atoms with van der Waals surface area (Å²) in [5, 5.41) is 13.6. The third-order valence-electron chi connectivity index (χ3n) is 3.90. The number of nitrogens with zero attached hydrogens (tertiary/aromatic N) is 4. The summed E-state index contributed by atoms with van der Waals surface area (Å²) in [7, 11) is 0. The zero-order chi connectivity index (χ0) is 16.8. The van der Waals surface area contributed by atoms with Crippen LogP contribution in [0.15, 0.2) is 60.9 Å². The van der Waals surface area contributed by atoms with Gasteiger partial charge in [0, 0.05) is 12.3 Å². The van der Waals surface area contributed by atoms with E-state index in [1.165, 1.54) is 12.1 Å². The van der Waals surface area contributed by atoms with Crippen LogP contribution in [0.25, 0.3) is 5.69 Å². The van der Waals surface area contributed by atoms with Crippen molar-refractivity contribution in [1.29, 1.82) is 5.26 Å². The van der Waals surface area contributed by atoms with Crippen LogP contribution >= 0.6 is 0 Å². The number of rotatable bonds is 6. The van der Waals surface area contributed by atoms with Gasteiger partial charge in [-0.05, 0) is 42.7 Å². The van der Waals surface area contributed by atoms with E-state index in [9.17, 15) is 4.39 Å². The third-order valence-corrected chi connectivity index (χ3v) is 3.90. The summed E-state index contributed by atoms with van der Waals surface area (Å²) in [4.78, 5) is 4.37. The lowest BCUT2D eigenvalue weighted by Crippen LogP contribution is -2.04. The minimum absolute atomic E-state index is 0.0665. The fourth-order valence-corrected chi connectivity index (χ4v) is 2.63. The highest BCUT2D eigenvalue weighted by Crippen LogP contribution is 2.23. The summed E-state index contributed by atoms with van der Waals surface area (Å²) < 4.78 is 15.0. The number of aryl methyl sites for hydroxylation is 1. The van der Waals surface area contributed by atoms with Gasteiger partial charge in [0.1, 0.15) is 12.1 Å². The Hall–Kier alpha value is -3.00. The third kappa shape index (κ3) is 3.85. The van der Waals surface area contributed by atoms with Gasteiger partial charge in [-0.15, -0.1) is 0 Å². The van der Waals surface area contributed by atoms with E-state index in [0.717, 1.165) is 11.3 Å². The lowest BCUT2D eigenvalue weighted by Gasteiger charge is -2.10. The molecule has 1 aromatic heterocycles. The molecule has 0 amide bonds. The quantitative estimate of drug-likeness (QED) is 0.689. The molecule has 0 N–H and O–H groups in total. The summed E-state index contributed by atoms with van der Waals surface area (Å²) in [6.07, 6.45) is 3.39. The lowest BCUT2D eigenvalue weighted by molar-refractivity contribution is 0.592. The highest BCUT2D eigenvalue weighted by atomic mass is 19.1. The van der Waals surface area contributed by atoms with E-state index in [0.29, 0.717) is 25.1 Å². The van der Waals surface area contributed by atoms with Crippen LogP contribution in [0.2, 0.25) is 0 Å². The molecule has 0 aliphatic carbocycles. The van der Waals surface area contributed by atoms with Crippen molar-refractivity contribution in [2.24, 2.45) is 0 Å². The maximum absolute atomic E-state index is 13.3. The van der Waals surface area contributed by atoms with Gasteiger partial charge in [-0.2, -0.15) is 10.4 Å². The second-order valence-electron chi connectivity index (χ2n) is 5.61. The highest BCUT2D eigenvalue weighted by Gasteiger charge is 2.17. The number of hydrogen-bond acceptors (Lipinski definition) is 3. The predicted octanol–water partition coefficient (Wildman–Crippen LogP) is 4.04. The van der Waals surface area contributed by atoms with Crippen molar-refractivity contribution in [3.05, 3.63) is 78.1 Å². The molecule has 1 atom stereocenters. The first-order chi connectivity index (χ1) is 11.8. The first-order valence-electron chi connectivity index (χ1n) is 7.84. The Morgan fingerprint density at radius 1 is 1.12 bits per heavy atom. The molecule has 3 rings (SSSR count). The Balaban J connectivity index is 1.74. The maximum Gasteiger partial charge on any atom is 0.155 e. The van der Waals surface area contributed by atoms with Gasteiger partial charge < -0.3 is 0 Å². The van der Waals surface area contributed by atoms with Crippen molar-refractivity contribution in [2.75, 3.05) is 0 Å². The van der Waals surface area contributed by atoms with Crippen LogP contribution in [-0.2, 0) is 6.42 Å². The van der Waals surface area contributed by atoms with Crippen LogP contribution in [0.3, 0.4) is 0 Å². The van der Waals surface area contributed by atoms with Crippen molar-refractivity contribution in [1.82, 2.24) is 14.8 Å². The maximum atomic E-state index is 13.3. The Labute approximate surface area is 140 Å². The zero-order valence-electron chi connectivity index (χ0n) is 13.1. The Morgan fingerprint density at radius 2 is 1.96 bits per heavy atom. The molecule has 0 aliphatic heterocycles. The molecular weight excluding hydrogens is 303 g/mol. The average molecular weight is 320 g/mol. The van der Waals surface area contributed by atoms with Crippen molar-refractivity contribution in [2.45, 2.75) is 25.2 Å². The average Bonchev–Trinajstić information content (AvgIpc) is 3.09. The second-order valence-corrected chi connectivity index (χ2v) is 5.61. The van der Waals surface area contributed by atoms with Gasteiger partial charge in [-0.1, -0.05) is 30.3 Å². The molecular formula is C19H17FN4. The van der Waals surface area contributed by atoms with Gasteiger partial charge >= 0.3 is 0 Å². The topological polar surface area (TPSA) is 54.5 Å². The van der Waals surface area contributed by atoms with Crippen LogP contribution in [0, 0.1) is 17.1 Å². The van der Waals surface area contributed by atoms with Crippen LogP contribution in [0.4, 0.5) is 4.39 Å².